The maximum Gasteiger partial charge on any atom is 0.0667 e. The van der Waals surface area contributed by atoms with E-state index in [4.69, 9.17) is 23.2 Å². The fourth-order valence-corrected chi connectivity index (χ4v) is 4.28. The standard InChI is InChI=1S/C26H34Cl2/c1-9-19-15-23(26(8,28)10-2)20(16-22(19)25(5,6)7)14-18(4)21-12-11-17(3)13-24(21)27/h11-13,15-16H,4,9-10,14H2,1-3,5-8H3. The van der Waals surface area contributed by atoms with Gasteiger partial charge in [0.15, 0.2) is 0 Å². The Morgan fingerprint density at radius 1 is 0.964 bits per heavy atom. The summed E-state index contributed by atoms with van der Waals surface area (Å²) in [5, 5.41) is 0.761. The highest BCUT2D eigenvalue weighted by molar-refractivity contribution is 6.32. The molecular formula is C26H34Cl2. The van der Waals surface area contributed by atoms with Crippen LogP contribution in [-0.4, -0.2) is 0 Å². The van der Waals surface area contributed by atoms with Gasteiger partial charge in [-0.05, 0) is 83.5 Å². The highest BCUT2D eigenvalue weighted by Crippen LogP contribution is 2.40. The van der Waals surface area contributed by atoms with Gasteiger partial charge in [-0.2, -0.15) is 0 Å². The van der Waals surface area contributed by atoms with Crippen molar-refractivity contribution in [1.82, 2.24) is 0 Å². The third kappa shape index (κ3) is 5.02. The van der Waals surface area contributed by atoms with Gasteiger partial charge in [0, 0.05) is 5.02 Å². The molecule has 0 aliphatic rings. The van der Waals surface area contributed by atoms with Crippen LogP contribution in [0, 0.1) is 6.92 Å². The molecule has 0 N–H and O–H groups in total. The summed E-state index contributed by atoms with van der Waals surface area (Å²) in [7, 11) is 0. The average Bonchev–Trinajstić information content (AvgIpc) is 2.60. The van der Waals surface area contributed by atoms with Gasteiger partial charge in [0.2, 0.25) is 0 Å². The van der Waals surface area contributed by atoms with Crippen LogP contribution < -0.4 is 0 Å². The summed E-state index contributed by atoms with van der Waals surface area (Å²) in [5.74, 6) is 0. The van der Waals surface area contributed by atoms with E-state index in [1.807, 2.05) is 6.07 Å². The van der Waals surface area contributed by atoms with Gasteiger partial charge in [0.25, 0.3) is 0 Å². The number of hydrogen-bond acceptors (Lipinski definition) is 0. The molecule has 0 spiro atoms. The first-order chi connectivity index (χ1) is 12.9. The molecular weight excluding hydrogens is 383 g/mol. The fourth-order valence-electron chi connectivity index (χ4n) is 3.73. The monoisotopic (exact) mass is 416 g/mol. The zero-order chi connectivity index (χ0) is 21.3. The summed E-state index contributed by atoms with van der Waals surface area (Å²) in [6.45, 7) is 19.7. The van der Waals surface area contributed by atoms with E-state index in [9.17, 15) is 0 Å². The predicted octanol–water partition coefficient (Wildman–Crippen LogP) is 8.63. The SMILES string of the molecule is C=C(Cc1cc(C(C)(C)C)c(CC)cc1C(C)(Cl)CC)c1ccc(C)cc1Cl. The number of benzene rings is 2. The Bertz CT molecular complexity index is 867. The number of alkyl halides is 1. The lowest BCUT2D eigenvalue weighted by Gasteiger charge is -2.30. The van der Waals surface area contributed by atoms with Crippen molar-refractivity contribution in [2.75, 3.05) is 0 Å². The van der Waals surface area contributed by atoms with Crippen LogP contribution in [0.2, 0.25) is 5.02 Å². The van der Waals surface area contributed by atoms with Gasteiger partial charge in [-0.25, -0.2) is 0 Å². The van der Waals surface area contributed by atoms with Crippen molar-refractivity contribution in [3.63, 3.8) is 0 Å². The number of aryl methyl sites for hydroxylation is 2. The lowest BCUT2D eigenvalue weighted by atomic mass is 9.78. The first-order valence-corrected chi connectivity index (χ1v) is 11.0. The summed E-state index contributed by atoms with van der Waals surface area (Å²) in [6, 6.07) is 10.9. The molecule has 1 unspecified atom stereocenters. The highest BCUT2D eigenvalue weighted by Gasteiger charge is 2.28. The summed E-state index contributed by atoms with van der Waals surface area (Å²) in [6.07, 6.45) is 2.62. The molecule has 0 saturated heterocycles. The first-order valence-electron chi connectivity index (χ1n) is 10.2. The van der Waals surface area contributed by atoms with Crippen LogP contribution in [0.15, 0.2) is 36.9 Å². The van der Waals surface area contributed by atoms with Crippen molar-refractivity contribution in [3.05, 3.63) is 75.3 Å². The van der Waals surface area contributed by atoms with Gasteiger partial charge in [0.1, 0.15) is 0 Å². The molecule has 152 valence electrons. The van der Waals surface area contributed by atoms with Crippen LogP contribution in [0.4, 0.5) is 0 Å². The lowest BCUT2D eigenvalue weighted by molar-refractivity contribution is 0.578. The van der Waals surface area contributed by atoms with E-state index in [1.165, 1.54) is 22.3 Å². The van der Waals surface area contributed by atoms with Crippen LogP contribution in [-0.2, 0) is 23.1 Å². The minimum absolute atomic E-state index is 0.0798. The van der Waals surface area contributed by atoms with Crippen LogP contribution in [0.1, 0.15) is 81.3 Å². The normalized spacial score (nSPS) is 14.0. The Morgan fingerprint density at radius 2 is 1.57 bits per heavy atom. The zero-order valence-corrected chi connectivity index (χ0v) is 20.0. The van der Waals surface area contributed by atoms with Gasteiger partial charge in [-0.3, -0.25) is 0 Å². The zero-order valence-electron chi connectivity index (χ0n) is 18.5. The molecule has 0 saturated carbocycles. The molecule has 0 aliphatic heterocycles. The Labute approximate surface area is 182 Å². The highest BCUT2D eigenvalue weighted by atomic mass is 35.5. The largest absolute Gasteiger partial charge is 0.114 e. The minimum Gasteiger partial charge on any atom is -0.114 e. The van der Waals surface area contributed by atoms with Gasteiger partial charge in [0.05, 0.1) is 4.87 Å². The van der Waals surface area contributed by atoms with Crippen LogP contribution in [0.3, 0.4) is 0 Å². The molecule has 0 amide bonds. The van der Waals surface area contributed by atoms with Crippen molar-refractivity contribution >= 4 is 28.8 Å². The molecule has 2 aromatic carbocycles. The molecule has 2 heteroatoms. The maximum absolute atomic E-state index is 6.97. The van der Waals surface area contributed by atoms with Gasteiger partial charge in [-0.15, -0.1) is 11.6 Å². The maximum atomic E-state index is 6.97. The number of hydrogen-bond donors (Lipinski definition) is 0. The lowest BCUT2D eigenvalue weighted by Crippen LogP contribution is -2.20. The molecule has 0 fully saturated rings. The topological polar surface area (TPSA) is 0 Å². The van der Waals surface area contributed by atoms with Gasteiger partial charge < -0.3 is 0 Å². The number of allylic oxidation sites excluding steroid dienone is 1. The van der Waals surface area contributed by atoms with Crippen molar-refractivity contribution in [2.45, 2.75) is 78.0 Å². The van der Waals surface area contributed by atoms with Crippen LogP contribution in [0.25, 0.3) is 5.57 Å². The predicted molar refractivity (Wildman–Crippen MR) is 127 cm³/mol. The summed E-state index contributed by atoms with van der Waals surface area (Å²) >= 11 is 13.5. The molecule has 1 atom stereocenters. The third-order valence-electron chi connectivity index (χ3n) is 5.65. The molecule has 0 nitrogen and oxygen atoms in total. The Hall–Kier alpha value is -1.24. The Kier molecular flexibility index (Phi) is 7.11. The van der Waals surface area contributed by atoms with Crippen molar-refractivity contribution in [1.29, 1.82) is 0 Å². The van der Waals surface area contributed by atoms with E-state index in [1.54, 1.807) is 0 Å². The second kappa shape index (κ2) is 8.64. The average molecular weight is 417 g/mol. The van der Waals surface area contributed by atoms with E-state index >= 15 is 0 Å². The van der Waals surface area contributed by atoms with E-state index in [-0.39, 0.29) is 5.41 Å². The summed E-state index contributed by atoms with van der Waals surface area (Å²) in [5.41, 5.74) is 8.52. The Balaban J connectivity index is 2.61. The number of halogens is 2. The van der Waals surface area contributed by atoms with E-state index in [0.29, 0.717) is 0 Å². The molecule has 0 aliphatic carbocycles. The van der Waals surface area contributed by atoms with Crippen molar-refractivity contribution in [2.24, 2.45) is 0 Å². The molecule has 0 aromatic heterocycles. The van der Waals surface area contributed by atoms with E-state index < -0.39 is 4.87 Å². The smallest absolute Gasteiger partial charge is 0.0667 e. The van der Waals surface area contributed by atoms with Crippen LogP contribution in [0.5, 0.6) is 0 Å². The molecule has 0 heterocycles. The van der Waals surface area contributed by atoms with Crippen LogP contribution >= 0.6 is 23.2 Å². The van der Waals surface area contributed by atoms with E-state index in [0.717, 1.165) is 41.0 Å². The summed E-state index contributed by atoms with van der Waals surface area (Å²) < 4.78 is 0. The molecule has 2 rings (SSSR count). The van der Waals surface area contributed by atoms with Crippen molar-refractivity contribution < 1.29 is 0 Å². The van der Waals surface area contributed by atoms with E-state index in [2.05, 4.69) is 79.3 Å². The number of rotatable bonds is 6. The minimum atomic E-state index is -0.396. The molecule has 28 heavy (non-hydrogen) atoms. The van der Waals surface area contributed by atoms with Crippen molar-refractivity contribution in [3.8, 4) is 0 Å². The first kappa shape index (κ1) is 23.0. The second-order valence-electron chi connectivity index (χ2n) is 9.08. The van der Waals surface area contributed by atoms with Gasteiger partial charge >= 0.3 is 0 Å². The third-order valence-corrected chi connectivity index (χ3v) is 6.44. The summed E-state index contributed by atoms with van der Waals surface area (Å²) in [4.78, 5) is -0.396. The second-order valence-corrected chi connectivity index (χ2v) is 10.3. The fraction of sp³-hybridized carbons (Fsp3) is 0.462. The molecule has 0 bridgehead atoms. The quantitative estimate of drug-likeness (QED) is 0.413. The molecule has 0 radical (unpaired) electrons. The molecule has 2 aromatic rings. The van der Waals surface area contributed by atoms with Gasteiger partial charge in [-0.1, -0.05) is 77.1 Å². The Morgan fingerprint density at radius 3 is 2.07 bits per heavy atom.